The highest BCUT2D eigenvalue weighted by Gasteiger charge is 2.35. The molecule has 1 saturated carbocycles. The zero-order chi connectivity index (χ0) is 31.0. The summed E-state index contributed by atoms with van der Waals surface area (Å²) < 4.78 is 2.84. The average Bonchev–Trinajstić information content (AvgIpc) is 3.79. The second kappa shape index (κ2) is 11.9. The van der Waals surface area contributed by atoms with E-state index in [0.29, 0.717) is 29.1 Å². The SMILES string of the molecule is CC(C)n1c(=O)n(CC2CC2)c(=O)c2cc(NC(=O)[C@@H]3C[C@H](NC(=O)c4ccc(C#N)c(Cl)c4)CN(C(=O)O)C3)ccc21. The topological polar surface area (TPSA) is 167 Å². The maximum absolute atomic E-state index is 13.4. The zero-order valence-electron chi connectivity index (χ0n) is 23.7. The molecule has 3 N–H and O–H groups in total. The van der Waals surface area contributed by atoms with Crippen molar-refractivity contribution in [3.8, 4) is 6.07 Å². The van der Waals surface area contributed by atoms with E-state index in [-0.39, 0.29) is 47.4 Å². The first-order chi connectivity index (χ1) is 20.5. The lowest BCUT2D eigenvalue weighted by atomic mass is 9.93. The number of halogens is 1. The summed E-state index contributed by atoms with van der Waals surface area (Å²) in [6.45, 7) is 3.99. The van der Waals surface area contributed by atoms with Crippen molar-refractivity contribution in [1.82, 2.24) is 19.4 Å². The van der Waals surface area contributed by atoms with Crippen molar-refractivity contribution in [1.29, 1.82) is 5.26 Å². The van der Waals surface area contributed by atoms with E-state index in [9.17, 15) is 29.1 Å². The molecule has 0 radical (unpaired) electrons. The molecule has 1 saturated heterocycles. The fraction of sp³-hybridized carbons (Fsp3) is 0.400. The Balaban J connectivity index is 1.37. The van der Waals surface area contributed by atoms with Crippen LogP contribution in [-0.2, 0) is 11.3 Å². The number of fused-ring (bicyclic) bond motifs is 1. The zero-order valence-corrected chi connectivity index (χ0v) is 24.4. The van der Waals surface area contributed by atoms with Crippen molar-refractivity contribution in [2.75, 3.05) is 18.4 Å². The lowest BCUT2D eigenvalue weighted by Gasteiger charge is -2.36. The Morgan fingerprint density at radius 1 is 1.12 bits per heavy atom. The molecule has 13 heteroatoms. The highest BCUT2D eigenvalue weighted by atomic mass is 35.5. The normalized spacial score (nSPS) is 18.3. The van der Waals surface area contributed by atoms with Gasteiger partial charge in [-0.05, 0) is 75.4 Å². The number of nitrogens with zero attached hydrogens (tertiary/aromatic N) is 4. The second-order valence-corrected chi connectivity index (χ2v) is 11.8. The van der Waals surface area contributed by atoms with Crippen LogP contribution in [0.4, 0.5) is 10.5 Å². The third-order valence-corrected chi connectivity index (χ3v) is 8.18. The maximum Gasteiger partial charge on any atom is 0.407 e. The smallest absolute Gasteiger partial charge is 0.407 e. The number of amides is 3. The lowest BCUT2D eigenvalue weighted by Crippen LogP contribution is -2.54. The first-order valence-corrected chi connectivity index (χ1v) is 14.4. The Labute approximate surface area is 251 Å². The molecule has 2 fully saturated rings. The summed E-state index contributed by atoms with van der Waals surface area (Å²) in [6, 6.07) is 10.1. The van der Waals surface area contributed by atoms with Crippen LogP contribution < -0.4 is 21.9 Å². The van der Waals surface area contributed by atoms with E-state index in [2.05, 4.69) is 10.6 Å². The Morgan fingerprint density at radius 3 is 2.49 bits per heavy atom. The van der Waals surface area contributed by atoms with Gasteiger partial charge in [0.05, 0.1) is 27.4 Å². The molecule has 2 atom stereocenters. The number of hydrogen-bond donors (Lipinski definition) is 3. The molecular formula is C30H31ClN6O6. The van der Waals surface area contributed by atoms with Crippen LogP contribution in [0.15, 0.2) is 46.0 Å². The highest BCUT2D eigenvalue weighted by molar-refractivity contribution is 6.32. The third kappa shape index (κ3) is 6.27. The number of benzene rings is 2. The van der Waals surface area contributed by atoms with Crippen molar-refractivity contribution < 1.29 is 19.5 Å². The van der Waals surface area contributed by atoms with E-state index in [0.717, 1.165) is 17.7 Å². The number of carbonyl (C=O) groups is 3. The van der Waals surface area contributed by atoms with Crippen LogP contribution >= 0.6 is 11.6 Å². The number of likely N-dealkylation sites (tertiary alicyclic amines) is 1. The van der Waals surface area contributed by atoms with Gasteiger partial charge in [0, 0.05) is 43.0 Å². The maximum atomic E-state index is 13.4. The van der Waals surface area contributed by atoms with Gasteiger partial charge >= 0.3 is 11.8 Å². The van der Waals surface area contributed by atoms with Crippen molar-refractivity contribution in [3.05, 3.63) is 73.4 Å². The molecule has 5 rings (SSSR count). The van der Waals surface area contributed by atoms with E-state index in [1.807, 2.05) is 19.9 Å². The Bertz CT molecular complexity index is 1790. The molecule has 12 nitrogen and oxygen atoms in total. The summed E-state index contributed by atoms with van der Waals surface area (Å²) in [5, 5.41) is 24.7. The summed E-state index contributed by atoms with van der Waals surface area (Å²) in [5.74, 6) is -1.49. The van der Waals surface area contributed by atoms with Crippen LogP contribution in [0.1, 0.15) is 55.1 Å². The van der Waals surface area contributed by atoms with E-state index >= 15 is 0 Å². The van der Waals surface area contributed by atoms with Gasteiger partial charge in [-0.2, -0.15) is 5.26 Å². The lowest BCUT2D eigenvalue weighted by molar-refractivity contribution is -0.121. The van der Waals surface area contributed by atoms with E-state index in [1.54, 1.807) is 22.8 Å². The first kappa shape index (κ1) is 29.8. The number of aromatic nitrogens is 2. The summed E-state index contributed by atoms with van der Waals surface area (Å²) in [5.41, 5.74) is 0.439. The number of nitrogens with one attached hydrogen (secondary N) is 2. The minimum Gasteiger partial charge on any atom is -0.465 e. The molecule has 224 valence electrons. The molecule has 0 bridgehead atoms. The van der Waals surface area contributed by atoms with Gasteiger partial charge in [-0.3, -0.25) is 23.5 Å². The summed E-state index contributed by atoms with van der Waals surface area (Å²) >= 11 is 6.05. The van der Waals surface area contributed by atoms with Gasteiger partial charge in [-0.15, -0.1) is 0 Å². The first-order valence-electron chi connectivity index (χ1n) is 14.0. The van der Waals surface area contributed by atoms with Crippen LogP contribution in [0.5, 0.6) is 0 Å². The van der Waals surface area contributed by atoms with Gasteiger partial charge in [0.2, 0.25) is 5.91 Å². The summed E-state index contributed by atoms with van der Waals surface area (Å²) in [6.07, 6.45) is 0.880. The number of hydrogen-bond acceptors (Lipinski definition) is 6. The van der Waals surface area contributed by atoms with Crippen LogP contribution in [0.2, 0.25) is 5.02 Å². The predicted octanol–water partition coefficient (Wildman–Crippen LogP) is 3.42. The fourth-order valence-corrected chi connectivity index (χ4v) is 5.71. The average molecular weight is 607 g/mol. The molecule has 0 spiro atoms. The van der Waals surface area contributed by atoms with Crippen molar-refractivity contribution in [2.45, 2.75) is 51.7 Å². The Kier molecular flexibility index (Phi) is 8.28. The second-order valence-electron chi connectivity index (χ2n) is 11.4. The number of carboxylic acid groups (broad SMARTS) is 1. The summed E-state index contributed by atoms with van der Waals surface area (Å²) in [7, 11) is 0. The number of carbonyl (C=O) groups excluding carboxylic acids is 2. The van der Waals surface area contributed by atoms with Crippen molar-refractivity contribution in [2.24, 2.45) is 11.8 Å². The van der Waals surface area contributed by atoms with Gasteiger partial charge in [-0.25, -0.2) is 9.59 Å². The molecule has 0 unspecified atom stereocenters. The fourth-order valence-electron chi connectivity index (χ4n) is 5.49. The molecular weight excluding hydrogens is 576 g/mol. The van der Waals surface area contributed by atoms with E-state index in [1.165, 1.54) is 22.8 Å². The summed E-state index contributed by atoms with van der Waals surface area (Å²) in [4.78, 5) is 65.8. The van der Waals surface area contributed by atoms with Crippen molar-refractivity contribution in [3.63, 3.8) is 0 Å². The molecule has 2 aliphatic rings. The number of piperidine rings is 1. The van der Waals surface area contributed by atoms with Crippen LogP contribution in [0.3, 0.4) is 0 Å². The van der Waals surface area contributed by atoms with Gasteiger partial charge in [-0.1, -0.05) is 11.6 Å². The van der Waals surface area contributed by atoms with Gasteiger partial charge < -0.3 is 20.6 Å². The predicted molar refractivity (Wildman–Crippen MR) is 159 cm³/mol. The van der Waals surface area contributed by atoms with Crippen LogP contribution in [-0.4, -0.2) is 56.2 Å². The Morgan fingerprint density at radius 2 is 1.86 bits per heavy atom. The number of anilines is 1. The Hall–Kier alpha value is -4.63. The largest absolute Gasteiger partial charge is 0.465 e. The quantitative estimate of drug-likeness (QED) is 0.370. The van der Waals surface area contributed by atoms with Crippen molar-refractivity contribution >= 4 is 46.1 Å². The minimum absolute atomic E-state index is 0.0158. The van der Waals surface area contributed by atoms with E-state index in [4.69, 9.17) is 16.9 Å². The van der Waals surface area contributed by atoms with Crippen LogP contribution in [0.25, 0.3) is 10.9 Å². The molecule has 43 heavy (non-hydrogen) atoms. The van der Waals surface area contributed by atoms with Gasteiger partial charge in [0.25, 0.3) is 11.5 Å². The third-order valence-electron chi connectivity index (χ3n) is 7.87. The highest BCUT2D eigenvalue weighted by Crippen LogP contribution is 2.30. The minimum atomic E-state index is -1.23. The van der Waals surface area contributed by atoms with Gasteiger partial charge in [0.1, 0.15) is 6.07 Å². The van der Waals surface area contributed by atoms with E-state index < -0.39 is 35.4 Å². The molecule has 2 aromatic carbocycles. The molecule has 3 amide bonds. The molecule has 1 aliphatic heterocycles. The molecule has 3 aromatic rings. The van der Waals surface area contributed by atoms with Crippen LogP contribution in [0, 0.1) is 23.2 Å². The molecule has 1 aromatic heterocycles. The number of rotatable bonds is 7. The molecule has 2 heterocycles. The molecule has 1 aliphatic carbocycles. The van der Waals surface area contributed by atoms with Gasteiger partial charge in [0.15, 0.2) is 0 Å². The number of nitriles is 1. The standard InChI is InChI=1S/C30H31ClN6O6/c1-16(2)37-25-8-7-21(11-23(25)28(40)36(29(37)41)13-17-3-4-17)33-27(39)20-9-22(15-35(14-20)30(42)43)34-26(38)18-5-6-19(12-32)24(31)10-18/h5-8,10-11,16-17,20,22H,3-4,9,13-15H2,1-2H3,(H,33,39)(H,34,38)(H,42,43)/t20-,22+/m1/s1. The monoisotopic (exact) mass is 606 g/mol.